The molecule has 1 heterocycles. The highest BCUT2D eigenvalue weighted by Crippen LogP contribution is 2.28. The lowest BCUT2D eigenvalue weighted by molar-refractivity contribution is 0.0448. The summed E-state index contributed by atoms with van der Waals surface area (Å²) in [4.78, 5) is 12.8. The third-order valence-corrected chi connectivity index (χ3v) is 3.16. The van der Waals surface area contributed by atoms with Crippen LogP contribution in [0.3, 0.4) is 0 Å². The molecule has 1 aliphatic rings. The van der Waals surface area contributed by atoms with Gasteiger partial charge in [0.1, 0.15) is 5.82 Å². The highest BCUT2D eigenvalue weighted by atomic mass is 19.1. The van der Waals surface area contributed by atoms with Crippen LogP contribution in [0, 0.1) is 5.82 Å². The van der Waals surface area contributed by atoms with Gasteiger partial charge in [0.2, 0.25) is 0 Å². The van der Waals surface area contributed by atoms with Crippen LogP contribution in [-0.4, -0.2) is 30.1 Å². The van der Waals surface area contributed by atoms with Gasteiger partial charge in [-0.2, -0.15) is 0 Å². The van der Waals surface area contributed by atoms with E-state index in [0.29, 0.717) is 18.5 Å². The fourth-order valence-electron chi connectivity index (χ4n) is 2.34. The Morgan fingerprint density at radius 1 is 1.53 bits per heavy atom. The van der Waals surface area contributed by atoms with Crippen molar-refractivity contribution in [1.29, 1.82) is 0 Å². The molecule has 3 nitrogen and oxygen atoms in total. The quantitative estimate of drug-likeness (QED) is 0.800. The summed E-state index contributed by atoms with van der Waals surface area (Å²) in [5.74, 6) is -0.511. The van der Waals surface area contributed by atoms with Crippen LogP contribution in [0.2, 0.25) is 0 Å². The summed E-state index contributed by atoms with van der Waals surface area (Å²) in [6, 6.07) is 4.57. The van der Waals surface area contributed by atoms with Gasteiger partial charge < -0.3 is 10.0 Å². The van der Waals surface area contributed by atoms with Crippen LogP contribution in [0.1, 0.15) is 30.1 Å². The van der Waals surface area contributed by atoms with E-state index < -0.39 is 11.4 Å². The molecule has 1 aromatic carbocycles. The second-order valence-corrected chi connectivity index (χ2v) is 4.81. The van der Waals surface area contributed by atoms with Gasteiger partial charge in [0.05, 0.1) is 16.9 Å². The highest BCUT2D eigenvalue weighted by Gasteiger charge is 2.29. The van der Waals surface area contributed by atoms with Crippen molar-refractivity contribution in [3.05, 3.63) is 29.6 Å². The summed E-state index contributed by atoms with van der Waals surface area (Å²) in [6.45, 7) is 2.93. The molecule has 17 heavy (non-hydrogen) atoms. The Bertz CT molecular complexity index is 431. The number of piperidine rings is 1. The zero-order chi connectivity index (χ0) is 12.5. The molecule has 1 unspecified atom stereocenters. The Hall–Kier alpha value is -1.42. The van der Waals surface area contributed by atoms with Gasteiger partial charge in [0.25, 0.3) is 0 Å². The highest BCUT2D eigenvalue weighted by molar-refractivity contribution is 5.85. The molecule has 1 saturated heterocycles. The average Bonchev–Trinajstić information content (AvgIpc) is 2.27. The number of hydrogen-bond donors (Lipinski definition) is 1. The molecule has 92 valence electrons. The van der Waals surface area contributed by atoms with Crippen molar-refractivity contribution in [3.63, 3.8) is 0 Å². The zero-order valence-electron chi connectivity index (χ0n) is 9.82. The first kappa shape index (κ1) is 12.0. The van der Waals surface area contributed by atoms with Gasteiger partial charge >= 0.3 is 0 Å². The predicted molar refractivity (Wildman–Crippen MR) is 63.9 cm³/mol. The van der Waals surface area contributed by atoms with Gasteiger partial charge in [-0.1, -0.05) is 6.07 Å². The summed E-state index contributed by atoms with van der Waals surface area (Å²) < 4.78 is 13.5. The van der Waals surface area contributed by atoms with Crippen LogP contribution >= 0.6 is 0 Å². The van der Waals surface area contributed by atoms with E-state index in [4.69, 9.17) is 0 Å². The average molecular weight is 237 g/mol. The molecule has 0 saturated carbocycles. The molecular formula is C13H16FNO2. The molecule has 1 aromatic rings. The van der Waals surface area contributed by atoms with Crippen LogP contribution in [-0.2, 0) is 0 Å². The largest absolute Gasteiger partial charge is 0.388 e. The first-order valence-corrected chi connectivity index (χ1v) is 5.74. The minimum atomic E-state index is -0.773. The van der Waals surface area contributed by atoms with Gasteiger partial charge in [-0.25, -0.2) is 4.39 Å². The van der Waals surface area contributed by atoms with Gasteiger partial charge in [0, 0.05) is 13.1 Å². The number of rotatable bonds is 2. The lowest BCUT2D eigenvalue weighted by atomic mass is 9.94. The predicted octanol–water partition coefficient (Wildman–Crippen LogP) is 1.99. The maximum Gasteiger partial charge on any atom is 0.155 e. The number of nitrogens with zero attached hydrogens (tertiary/aromatic N) is 1. The monoisotopic (exact) mass is 237 g/mol. The van der Waals surface area contributed by atoms with Crippen molar-refractivity contribution in [2.24, 2.45) is 0 Å². The second kappa shape index (κ2) is 4.45. The van der Waals surface area contributed by atoms with Crippen LogP contribution < -0.4 is 4.90 Å². The van der Waals surface area contributed by atoms with E-state index in [0.717, 1.165) is 19.4 Å². The van der Waals surface area contributed by atoms with E-state index in [1.165, 1.54) is 6.07 Å². The van der Waals surface area contributed by atoms with Gasteiger partial charge in [0.15, 0.2) is 6.29 Å². The van der Waals surface area contributed by atoms with Crippen molar-refractivity contribution in [1.82, 2.24) is 0 Å². The number of aliphatic hydroxyl groups is 1. The SMILES string of the molecule is CC1(O)CCCN(c2cccc(F)c2C=O)C1. The van der Waals surface area contributed by atoms with E-state index in [2.05, 4.69) is 0 Å². The number of benzene rings is 1. The third kappa shape index (κ3) is 2.47. The molecule has 4 heteroatoms. The second-order valence-electron chi connectivity index (χ2n) is 4.81. The Morgan fingerprint density at radius 2 is 2.29 bits per heavy atom. The Kier molecular flexibility index (Phi) is 3.15. The van der Waals surface area contributed by atoms with Gasteiger partial charge in [-0.05, 0) is 31.9 Å². The Labute approximate surface area is 99.9 Å². The number of halogens is 1. The Morgan fingerprint density at radius 3 is 2.94 bits per heavy atom. The number of hydrogen-bond acceptors (Lipinski definition) is 3. The number of aldehydes is 1. The topological polar surface area (TPSA) is 40.5 Å². The molecule has 1 atom stereocenters. The third-order valence-electron chi connectivity index (χ3n) is 3.16. The summed E-state index contributed by atoms with van der Waals surface area (Å²) in [5, 5.41) is 10.0. The van der Waals surface area contributed by atoms with Crippen LogP contribution in [0.15, 0.2) is 18.2 Å². The first-order chi connectivity index (χ1) is 8.03. The summed E-state index contributed by atoms with van der Waals surface area (Å²) in [7, 11) is 0. The summed E-state index contributed by atoms with van der Waals surface area (Å²) >= 11 is 0. The maximum atomic E-state index is 13.5. The lowest BCUT2D eigenvalue weighted by Crippen LogP contribution is -2.46. The molecule has 0 radical (unpaired) electrons. The van der Waals surface area contributed by atoms with Gasteiger partial charge in [-0.3, -0.25) is 4.79 Å². The molecule has 0 spiro atoms. The standard InChI is InChI=1S/C13H16FNO2/c1-13(17)6-3-7-15(9-13)12-5-2-4-11(14)10(12)8-16/h2,4-5,8,17H,3,6-7,9H2,1H3. The van der Waals surface area contributed by atoms with Crippen LogP contribution in [0.5, 0.6) is 0 Å². The molecule has 0 bridgehead atoms. The zero-order valence-corrected chi connectivity index (χ0v) is 9.82. The molecule has 2 rings (SSSR count). The van der Waals surface area contributed by atoms with E-state index in [1.54, 1.807) is 19.1 Å². The number of anilines is 1. The molecule has 1 fully saturated rings. The van der Waals surface area contributed by atoms with Gasteiger partial charge in [-0.15, -0.1) is 0 Å². The summed E-state index contributed by atoms with van der Waals surface area (Å²) in [5.41, 5.74) is -0.129. The fourth-order valence-corrected chi connectivity index (χ4v) is 2.34. The van der Waals surface area contributed by atoms with Crippen molar-refractivity contribution in [2.45, 2.75) is 25.4 Å². The molecule has 0 aromatic heterocycles. The van der Waals surface area contributed by atoms with Crippen molar-refractivity contribution in [3.8, 4) is 0 Å². The molecule has 0 amide bonds. The number of β-amino-alcohol motifs (C(OH)–C–C–N with tert-alkyl or cyclic N) is 1. The van der Waals surface area contributed by atoms with E-state index >= 15 is 0 Å². The van der Waals surface area contributed by atoms with E-state index in [9.17, 15) is 14.3 Å². The summed E-state index contributed by atoms with van der Waals surface area (Å²) in [6.07, 6.45) is 2.10. The minimum absolute atomic E-state index is 0.0743. The van der Waals surface area contributed by atoms with Crippen molar-refractivity contribution >= 4 is 12.0 Å². The fraction of sp³-hybridized carbons (Fsp3) is 0.462. The first-order valence-electron chi connectivity index (χ1n) is 5.74. The van der Waals surface area contributed by atoms with E-state index in [-0.39, 0.29) is 5.56 Å². The lowest BCUT2D eigenvalue weighted by Gasteiger charge is -2.38. The number of carbonyl (C=O) groups is 1. The smallest absolute Gasteiger partial charge is 0.155 e. The molecule has 0 aliphatic carbocycles. The molecule has 1 N–H and O–H groups in total. The van der Waals surface area contributed by atoms with Crippen LogP contribution in [0.25, 0.3) is 0 Å². The maximum absolute atomic E-state index is 13.5. The van der Waals surface area contributed by atoms with Crippen molar-refractivity contribution in [2.75, 3.05) is 18.0 Å². The molecular weight excluding hydrogens is 221 g/mol. The number of carbonyl (C=O) groups excluding carboxylic acids is 1. The normalized spacial score (nSPS) is 24.8. The van der Waals surface area contributed by atoms with E-state index in [1.807, 2.05) is 4.90 Å². The molecule has 1 aliphatic heterocycles. The van der Waals surface area contributed by atoms with Crippen molar-refractivity contribution < 1.29 is 14.3 Å². The Balaban J connectivity index is 2.34. The minimum Gasteiger partial charge on any atom is -0.388 e. The van der Waals surface area contributed by atoms with Crippen LogP contribution in [0.4, 0.5) is 10.1 Å².